The Morgan fingerprint density at radius 1 is 1.40 bits per heavy atom. The number of carbonyl (C=O) groups excluding carboxylic acids is 1. The summed E-state index contributed by atoms with van der Waals surface area (Å²) in [5.74, 6) is 0.525. The Morgan fingerprint density at radius 3 is 3.00 bits per heavy atom. The van der Waals surface area contributed by atoms with Crippen molar-refractivity contribution in [2.45, 2.75) is 6.04 Å². The average Bonchev–Trinajstić information content (AvgIpc) is 2.92. The number of aldehydes is 1. The summed E-state index contributed by atoms with van der Waals surface area (Å²) in [5.41, 5.74) is 4.71. The molecule has 1 atom stereocenters. The van der Waals surface area contributed by atoms with E-state index in [0.29, 0.717) is 11.0 Å². The van der Waals surface area contributed by atoms with E-state index in [2.05, 4.69) is 20.4 Å². The molecule has 0 amide bonds. The van der Waals surface area contributed by atoms with Gasteiger partial charge in [0.15, 0.2) is 5.82 Å². The van der Waals surface area contributed by atoms with Crippen molar-refractivity contribution in [1.29, 1.82) is 0 Å². The predicted molar refractivity (Wildman–Crippen MR) is 74.7 cm³/mol. The monoisotopic (exact) mass is 287 g/mol. The Hall–Kier alpha value is -2.47. The second-order valence-corrected chi connectivity index (χ2v) is 4.51. The van der Waals surface area contributed by atoms with E-state index in [1.165, 1.54) is 6.33 Å². The van der Waals surface area contributed by atoms with Gasteiger partial charge < -0.3 is 10.2 Å². The van der Waals surface area contributed by atoms with Crippen LogP contribution in [0.15, 0.2) is 43.1 Å². The van der Waals surface area contributed by atoms with Crippen molar-refractivity contribution in [2.75, 3.05) is 5.01 Å². The summed E-state index contributed by atoms with van der Waals surface area (Å²) >= 11 is 5.85. The summed E-state index contributed by atoms with van der Waals surface area (Å²) in [7, 11) is 0. The number of pyridine rings is 1. The lowest BCUT2D eigenvalue weighted by atomic mass is 10.0. The van der Waals surface area contributed by atoms with Crippen molar-refractivity contribution in [3.63, 3.8) is 0 Å². The molecular weight excluding hydrogens is 278 g/mol. The van der Waals surface area contributed by atoms with Crippen LogP contribution in [0.1, 0.15) is 5.56 Å². The second kappa shape index (κ2) is 5.26. The van der Waals surface area contributed by atoms with Crippen LogP contribution in [0.5, 0.6) is 0 Å². The van der Waals surface area contributed by atoms with Gasteiger partial charge in [-0.3, -0.25) is 9.99 Å². The van der Waals surface area contributed by atoms with Gasteiger partial charge in [0, 0.05) is 35.8 Å². The number of hydrogen-bond acceptors (Lipinski definition) is 6. The zero-order valence-electron chi connectivity index (χ0n) is 10.3. The molecule has 100 valence electrons. The molecule has 1 unspecified atom stereocenters. The quantitative estimate of drug-likeness (QED) is 0.681. The van der Waals surface area contributed by atoms with Crippen LogP contribution in [0.4, 0.5) is 5.82 Å². The van der Waals surface area contributed by atoms with Crippen molar-refractivity contribution < 1.29 is 4.79 Å². The van der Waals surface area contributed by atoms with Gasteiger partial charge in [0.2, 0.25) is 0 Å². The molecule has 0 saturated carbocycles. The molecule has 1 aliphatic rings. The van der Waals surface area contributed by atoms with Gasteiger partial charge in [0.25, 0.3) is 0 Å². The number of nitrogens with one attached hydrogen (secondary N) is 1. The highest BCUT2D eigenvalue weighted by Crippen LogP contribution is 2.27. The van der Waals surface area contributed by atoms with E-state index >= 15 is 0 Å². The molecule has 3 heterocycles. The zero-order valence-corrected chi connectivity index (χ0v) is 11.0. The molecule has 2 aromatic heterocycles. The molecule has 0 aliphatic carbocycles. The smallest absolute Gasteiger partial charge is 0.152 e. The summed E-state index contributed by atoms with van der Waals surface area (Å²) in [6.07, 6.45) is 7.34. The number of rotatable bonds is 3. The van der Waals surface area contributed by atoms with Crippen LogP contribution in [0.3, 0.4) is 0 Å². The van der Waals surface area contributed by atoms with Gasteiger partial charge in [-0.15, -0.1) is 0 Å². The third-order valence-corrected chi connectivity index (χ3v) is 3.15. The standard InChI is InChI=1S/C13H10ClN5O/c14-12-4-13(17-8-16-12)19-11(7-20)10(6-18-19)9-2-1-3-15-5-9/h1-8,11,18H. The van der Waals surface area contributed by atoms with Gasteiger partial charge in [-0.05, 0) is 6.07 Å². The summed E-state index contributed by atoms with van der Waals surface area (Å²) < 4.78 is 0. The van der Waals surface area contributed by atoms with Crippen LogP contribution in [0, 0.1) is 0 Å². The molecule has 0 fully saturated rings. The van der Waals surface area contributed by atoms with E-state index in [9.17, 15) is 4.79 Å². The molecule has 2 aromatic rings. The minimum Gasteiger partial charge on any atom is -0.303 e. The number of anilines is 1. The number of carbonyl (C=O) groups is 1. The van der Waals surface area contributed by atoms with Gasteiger partial charge >= 0.3 is 0 Å². The highest BCUT2D eigenvalue weighted by Gasteiger charge is 2.29. The van der Waals surface area contributed by atoms with E-state index in [0.717, 1.165) is 17.4 Å². The molecule has 7 heteroatoms. The first-order valence-corrected chi connectivity index (χ1v) is 6.26. The number of halogens is 1. The summed E-state index contributed by atoms with van der Waals surface area (Å²) in [4.78, 5) is 23.4. The number of hydrazine groups is 1. The fraction of sp³-hybridized carbons (Fsp3) is 0.0769. The van der Waals surface area contributed by atoms with E-state index in [4.69, 9.17) is 11.6 Å². The SMILES string of the molecule is O=CC1C(c2cccnc2)=CNN1c1cc(Cl)ncn1. The van der Waals surface area contributed by atoms with Crippen molar-refractivity contribution >= 4 is 29.3 Å². The Labute approximate surface area is 120 Å². The highest BCUT2D eigenvalue weighted by atomic mass is 35.5. The third kappa shape index (κ3) is 2.21. The van der Waals surface area contributed by atoms with Crippen LogP contribution in [0.25, 0.3) is 5.57 Å². The normalized spacial score (nSPS) is 17.6. The van der Waals surface area contributed by atoms with Crippen molar-refractivity contribution in [2.24, 2.45) is 0 Å². The van der Waals surface area contributed by atoms with Crippen LogP contribution in [-0.4, -0.2) is 27.3 Å². The molecule has 20 heavy (non-hydrogen) atoms. The molecule has 6 nitrogen and oxygen atoms in total. The molecule has 0 aromatic carbocycles. The Morgan fingerprint density at radius 2 is 2.30 bits per heavy atom. The van der Waals surface area contributed by atoms with Gasteiger partial charge in [-0.25, -0.2) is 9.97 Å². The summed E-state index contributed by atoms with van der Waals surface area (Å²) in [5, 5.41) is 1.94. The van der Waals surface area contributed by atoms with Gasteiger partial charge in [0.1, 0.15) is 23.8 Å². The van der Waals surface area contributed by atoms with Crippen molar-refractivity contribution in [3.05, 3.63) is 53.8 Å². The summed E-state index contributed by atoms with van der Waals surface area (Å²) in [6, 6.07) is 4.81. The second-order valence-electron chi connectivity index (χ2n) is 4.12. The summed E-state index contributed by atoms with van der Waals surface area (Å²) in [6.45, 7) is 0. The molecule has 1 aliphatic heterocycles. The van der Waals surface area contributed by atoms with Crippen LogP contribution in [0.2, 0.25) is 5.15 Å². The fourth-order valence-electron chi connectivity index (χ4n) is 2.03. The van der Waals surface area contributed by atoms with Crippen molar-refractivity contribution in [1.82, 2.24) is 20.4 Å². The maximum atomic E-state index is 11.4. The first-order chi connectivity index (χ1) is 9.79. The van der Waals surface area contributed by atoms with Crippen LogP contribution < -0.4 is 10.4 Å². The highest BCUT2D eigenvalue weighted by molar-refractivity contribution is 6.29. The minimum absolute atomic E-state index is 0.316. The third-order valence-electron chi connectivity index (χ3n) is 2.95. The maximum absolute atomic E-state index is 11.4. The van der Waals surface area contributed by atoms with Crippen molar-refractivity contribution in [3.8, 4) is 0 Å². The number of aromatic nitrogens is 3. The molecule has 3 rings (SSSR count). The van der Waals surface area contributed by atoms with Crippen LogP contribution >= 0.6 is 11.6 Å². The molecule has 0 radical (unpaired) electrons. The molecular formula is C13H10ClN5O. The maximum Gasteiger partial charge on any atom is 0.152 e. The Bertz CT molecular complexity index is 661. The van der Waals surface area contributed by atoms with Gasteiger partial charge in [-0.2, -0.15) is 0 Å². The topological polar surface area (TPSA) is 71.0 Å². The number of nitrogens with zero attached hydrogens (tertiary/aromatic N) is 4. The Balaban J connectivity index is 1.93. The van der Waals surface area contributed by atoms with Crippen LogP contribution in [-0.2, 0) is 4.79 Å². The average molecular weight is 288 g/mol. The van der Waals surface area contributed by atoms with Gasteiger partial charge in [-0.1, -0.05) is 17.7 Å². The van der Waals surface area contributed by atoms with E-state index in [1.54, 1.807) is 29.7 Å². The number of hydrogen-bond donors (Lipinski definition) is 1. The fourth-order valence-corrected chi connectivity index (χ4v) is 2.17. The Kier molecular flexibility index (Phi) is 3.30. The van der Waals surface area contributed by atoms with Gasteiger partial charge in [0.05, 0.1) is 0 Å². The lowest BCUT2D eigenvalue weighted by Crippen LogP contribution is -2.40. The lowest BCUT2D eigenvalue weighted by Gasteiger charge is -2.23. The molecule has 1 N–H and O–H groups in total. The first kappa shape index (κ1) is 12.6. The lowest BCUT2D eigenvalue weighted by molar-refractivity contribution is -0.107. The molecule has 0 saturated heterocycles. The zero-order chi connectivity index (χ0) is 13.9. The largest absolute Gasteiger partial charge is 0.303 e. The van der Waals surface area contributed by atoms with E-state index in [1.807, 2.05) is 12.1 Å². The van der Waals surface area contributed by atoms with E-state index < -0.39 is 6.04 Å². The molecule has 0 bridgehead atoms. The minimum atomic E-state index is -0.495. The molecule has 0 spiro atoms. The first-order valence-electron chi connectivity index (χ1n) is 5.88. The van der Waals surface area contributed by atoms with E-state index in [-0.39, 0.29) is 0 Å². The predicted octanol–water partition coefficient (Wildman–Crippen LogP) is 1.46.